The van der Waals surface area contributed by atoms with Gasteiger partial charge in [-0.1, -0.05) is 146 Å². The van der Waals surface area contributed by atoms with Crippen molar-refractivity contribution < 1.29 is 0 Å². The number of benzene rings is 9. The first-order valence-electron chi connectivity index (χ1n) is 20.0. The summed E-state index contributed by atoms with van der Waals surface area (Å²) in [5.74, 6) is 0. The van der Waals surface area contributed by atoms with Gasteiger partial charge >= 0.3 is 0 Å². The molecule has 0 aliphatic rings. The van der Waals surface area contributed by atoms with Crippen molar-refractivity contribution in [2.24, 2.45) is 0 Å². The van der Waals surface area contributed by atoms with Crippen LogP contribution in [-0.2, 0) is 0 Å². The summed E-state index contributed by atoms with van der Waals surface area (Å²) in [5.41, 5.74) is 14.1. The molecule has 0 aliphatic heterocycles. The molecule has 0 fully saturated rings. The maximum atomic E-state index is 2.55. The van der Waals surface area contributed by atoms with Crippen LogP contribution in [0.25, 0.3) is 110 Å². The fourth-order valence-electron chi connectivity index (χ4n) is 10.0. The summed E-state index contributed by atoms with van der Waals surface area (Å²) in [7, 11) is 0. The Bertz CT molecular complexity index is 3770. The molecule has 0 unspecified atom stereocenters. The van der Waals surface area contributed by atoms with Gasteiger partial charge in [0.25, 0.3) is 0 Å². The Balaban J connectivity index is 1.29. The first kappa shape index (κ1) is 31.4. The number of nitrogens with zero attached hydrogens (tertiary/aromatic N) is 4. The summed E-state index contributed by atoms with van der Waals surface area (Å²) in [6.07, 6.45) is 0. The molecule has 0 N–H and O–H groups in total. The summed E-state index contributed by atoms with van der Waals surface area (Å²) in [5, 5.41) is 9.85. The van der Waals surface area contributed by atoms with Gasteiger partial charge in [-0.05, 0) is 60.7 Å². The standard InChI is InChI=1S/C54H34N4/c1-4-17-35(18-5-1)55-46-27-13-10-23-38(46)41-26-16-30-49(50(41)55)58-48-29-15-12-25-40(48)43-32-34-45-44-33-31-42-39-24-11-14-28-47(39)56(36-19-6-2-7-20-36)51(42)52(44)57(53(45)54(43)58)37-21-8-3-9-22-37/h1-34H. The van der Waals surface area contributed by atoms with Crippen molar-refractivity contribution in [1.82, 2.24) is 18.3 Å². The second-order valence-electron chi connectivity index (χ2n) is 15.3. The van der Waals surface area contributed by atoms with E-state index in [2.05, 4.69) is 225 Å². The number of hydrogen-bond donors (Lipinski definition) is 0. The predicted octanol–water partition coefficient (Wildman–Crippen LogP) is 14.1. The van der Waals surface area contributed by atoms with Crippen molar-refractivity contribution in [2.45, 2.75) is 0 Å². The molecule has 13 aromatic rings. The average Bonchev–Trinajstić information content (AvgIpc) is 4.02. The minimum Gasteiger partial charge on any atom is -0.307 e. The first-order chi connectivity index (χ1) is 28.8. The van der Waals surface area contributed by atoms with Crippen LogP contribution < -0.4 is 0 Å². The van der Waals surface area contributed by atoms with E-state index in [4.69, 9.17) is 0 Å². The number of para-hydroxylation sites is 7. The largest absolute Gasteiger partial charge is 0.307 e. The molecule has 270 valence electrons. The van der Waals surface area contributed by atoms with Crippen LogP contribution in [-0.4, -0.2) is 18.3 Å². The summed E-state index contributed by atoms with van der Waals surface area (Å²) in [6, 6.07) is 75.4. The number of rotatable bonds is 4. The second kappa shape index (κ2) is 11.8. The Morgan fingerprint density at radius 3 is 0.983 bits per heavy atom. The van der Waals surface area contributed by atoms with Crippen molar-refractivity contribution in [3.63, 3.8) is 0 Å². The molecule has 0 bridgehead atoms. The quantitative estimate of drug-likeness (QED) is 0.171. The zero-order valence-corrected chi connectivity index (χ0v) is 31.4. The highest BCUT2D eigenvalue weighted by Gasteiger charge is 2.26. The molecule has 9 aromatic carbocycles. The van der Waals surface area contributed by atoms with E-state index in [0.29, 0.717) is 0 Å². The summed E-state index contributed by atoms with van der Waals surface area (Å²) in [4.78, 5) is 0. The Hall–Kier alpha value is -7.82. The molecular formula is C54H34N4. The molecule has 0 amide bonds. The van der Waals surface area contributed by atoms with E-state index in [1.54, 1.807) is 0 Å². The minimum absolute atomic E-state index is 1.13. The van der Waals surface area contributed by atoms with Gasteiger partial charge in [0.15, 0.2) is 0 Å². The molecule has 4 heterocycles. The van der Waals surface area contributed by atoms with Gasteiger partial charge in [0.05, 0.1) is 49.8 Å². The van der Waals surface area contributed by atoms with Gasteiger partial charge in [0.1, 0.15) is 0 Å². The maximum Gasteiger partial charge on any atom is 0.0789 e. The highest BCUT2D eigenvalue weighted by molar-refractivity contribution is 6.29. The van der Waals surface area contributed by atoms with Crippen LogP contribution in [0.5, 0.6) is 0 Å². The monoisotopic (exact) mass is 738 g/mol. The van der Waals surface area contributed by atoms with Gasteiger partial charge in [0, 0.05) is 60.2 Å². The lowest BCUT2D eigenvalue weighted by molar-refractivity contribution is 1.12. The fraction of sp³-hybridized carbons (Fsp3) is 0. The lowest BCUT2D eigenvalue weighted by Gasteiger charge is -2.16. The van der Waals surface area contributed by atoms with Gasteiger partial charge < -0.3 is 18.3 Å². The molecule has 0 atom stereocenters. The second-order valence-corrected chi connectivity index (χ2v) is 15.3. The van der Waals surface area contributed by atoms with Gasteiger partial charge in [-0.25, -0.2) is 0 Å². The molecule has 0 saturated carbocycles. The molecule has 0 saturated heterocycles. The average molecular weight is 739 g/mol. The summed E-state index contributed by atoms with van der Waals surface area (Å²) in [6.45, 7) is 0. The molecule has 58 heavy (non-hydrogen) atoms. The SMILES string of the molecule is c1ccc(-n2c3ccccc3c3cccc(-n4c5ccccc5c5ccc6c7ccc8c9ccccc9n(-c9ccccc9)c8c7n(-c7ccccc7)c6c54)c32)cc1. The lowest BCUT2D eigenvalue weighted by Crippen LogP contribution is -2.02. The van der Waals surface area contributed by atoms with E-state index >= 15 is 0 Å². The van der Waals surface area contributed by atoms with E-state index in [0.717, 1.165) is 22.7 Å². The molecule has 4 heteroatoms. The maximum absolute atomic E-state index is 2.55. The number of aromatic nitrogens is 4. The van der Waals surface area contributed by atoms with E-state index in [1.165, 1.54) is 87.2 Å². The highest BCUT2D eigenvalue weighted by atomic mass is 15.1. The molecule has 0 aliphatic carbocycles. The Kier molecular flexibility index (Phi) is 6.41. The van der Waals surface area contributed by atoms with Gasteiger partial charge in [0.2, 0.25) is 0 Å². The van der Waals surface area contributed by atoms with Crippen molar-refractivity contribution >= 4 is 87.2 Å². The van der Waals surface area contributed by atoms with Crippen molar-refractivity contribution in [3.8, 4) is 22.7 Å². The Morgan fingerprint density at radius 1 is 0.190 bits per heavy atom. The van der Waals surface area contributed by atoms with Crippen molar-refractivity contribution in [3.05, 3.63) is 206 Å². The zero-order chi connectivity index (χ0) is 37.9. The number of fused-ring (bicyclic) bond motifs is 14. The normalized spacial score (nSPS) is 12.1. The third-order valence-corrected chi connectivity index (χ3v) is 12.3. The minimum atomic E-state index is 1.13. The molecular weight excluding hydrogens is 705 g/mol. The predicted molar refractivity (Wildman–Crippen MR) is 244 cm³/mol. The van der Waals surface area contributed by atoms with E-state index in [9.17, 15) is 0 Å². The first-order valence-corrected chi connectivity index (χ1v) is 20.0. The zero-order valence-electron chi connectivity index (χ0n) is 31.4. The molecule has 4 aromatic heterocycles. The molecule has 4 nitrogen and oxygen atoms in total. The molecule has 13 rings (SSSR count). The van der Waals surface area contributed by atoms with Gasteiger partial charge in [-0.3, -0.25) is 0 Å². The van der Waals surface area contributed by atoms with Crippen LogP contribution in [0, 0.1) is 0 Å². The van der Waals surface area contributed by atoms with Crippen LogP contribution in [0.15, 0.2) is 206 Å². The third kappa shape index (κ3) is 4.13. The molecule has 0 radical (unpaired) electrons. The smallest absolute Gasteiger partial charge is 0.0789 e. The van der Waals surface area contributed by atoms with Crippen LogP contribution in [0.2, 0.25) is 0 Å². The van der Waals surface area contributed by atoms with Gasteiger partial charge in [-0.15, -0.1) is 0 Å². The highest BCUT2D eigenvalue weighted by Crippen LogP contribution is 2.47. The van der Waals surface area contributed by atoms with Crippen molar-refractivity contribution in [1.29, 1.82) is 0 Å². The van der Waals surface area contributed by atoms with Gasteiger partial charge in [-0.2, -0.15) is 0 Å². The fourth-order valence-corrected chi connectivity index (χ4v) is 10.0. The van der Waals surface area contributed by atoms with Crippen LogP contribution in [0.4, 0.5) is 0 Å². The summed E-state index contributed by atoms with van der Waals surface area (Å²) < 4.78 is 10.0. The van der Waals surface area contributed by atoms with E-state index in [1.807, 2.05) is 0 Å². The van der Waals surface area contributed by atoms with Crippen LogP contribution in [0.1, 0.15) is 0 Å². The lowest BCUT2D eigenvalue weighted by atomic mass is 10.1. The third-order valence-electron chi connectivity index (χ3n) is 12.3. The summed E-state index contributed by atoms with van der Waals surface area (Å²) >= 11 is 0. The Labute approximate surface area is 333 Å². The molecule has 0 spiro atoms. The number of hydrogen-bond acceptors (Lipinski definition) is 0. The van der Waals surface area contributed by atoms with Crippen LogP contribution in [0.3, 0.4) is 0 Å². The van der Waals surface area contributed by atoms with Crippen LogP contribution >= 0.6 is 0 Å². The topological polar surface area (TPSA) is 19.7 Å². The Morgan fingerprint density at radius 2 is 0.500 bits per heavy atom. The van der Waals surface area contributed by atoms with E-state index in [-0.39, 0.29) is 0 Å². The van der Waals surface area contributed by atoms with E-state index < -0.39 is 0 Å². The van der Waals surface area contributed by atoms with Crippen molar-refractivity contribution in [2.75, 3.05) is 0 Å².